The van der Waals surface area contributed by atoms with Crippen molar-refractivity contribution < 1.29 is 0 Å². The van der Waals surface area contributed by atoms with Gasteiger partial charge in [-0.2, -0.15) is 11.8 Å². The van der Waals surface area contributed by atoms with Crippen LogP contribution in [0.15, 0.2) is 4.99 Å². The van der Waals surface area contributed by atoms with Gasteiger partial charge in [0, 0.05) is 36.2 Å². The maximum absolute atomic E-state index is 4.47. The van der Waals surface area contributed by atoms with Crippen molar-refractivity contribution in [2.75, 3.05) is 19.8 Å². The topological polar surface area (TPSA) is 49.3 Å². The van der Waals surface area contributed by atoms with Crippen LogP contribution in [0, 0.1) is 13.8 Å². The molecule has 2 unspecified atom stereocenters. The summed E-state index contributed by atoms with van der Waals surface area (Å²) >= 11 is 3.78. The van der Waals surface area contributed by atoms with Crippen molar-refractivity contribution in [3.05, 3.63) is 15.6 Å². The van der Waals surface area contributed by atoms with E-state index in [0.717, 1.165) is 29.2 Å². The number of nitrogens with one attached hydrogen (secondary N) is 2. The first-order valence-corrected chi connectivity index (χ1v) is 9.65. The molecule has 2 N–H and O–H groups in total. The van der Waals surface area contributed by atoms with E-state index in [1.807, 2.05) is 18.8 Å². The highest BCUT2D eigenvalue weighted by Crippen LogP contribution is 2.28. The zero-order chi connectivity index (χ0) is 15.2. The van der Waals surface area contributed by atoms with Gasteiger partial charge in [-0.05, 0) is 39.4 Å². The van der Waals surface area contributed by atoms with E-state index < -0.39 is 0 Å². The van der Waals surface area contributed by atoms with Crippen molar-refractivity contribution in [2.45, 2.75) is 50.8 Å². The molecule has 4 nitrogen and oxygen atoms in total. The molecule has 1 heterocycles. The molecule has 0 saturated heterocycles. The Hall–Kier alpha value is -0.750. The summed E-state index contributed by atoms with van der Waals surface area (Å²) in [6, 6.07) is 0.570. The lowest BCUT2D eigenvalue weighted by Crippen LogP contribution is -2.43. The summed E-state index contributed by atoms with van der Waals surface area (Å²) in [6.45, 7) is 5.06. The third-order valence-electron chi connectivity index (χ3n) is 3.93. The molecule has 2 atom stereocenters. The molecule has 1 saturated carbocycles. The quantitative estimate of drug-likeness (QED) is 0.645. The summed E-state index contributed by atoms with van der Waals surface area (Å²) in [5, 5.41) is 8.94. The smallest absolute Gasteiger partial charge is 0.191 e. The van der Waals surface area contributed by atoms with Gasteiger partial charge in [0.1, 0.15) is 0 Å². The fraction of sp³-hybridized carbons (Fsp3) is 0.733. The SMILES string of the molecule is CN=C(NCCc1sc(C)nc1C)NC1CCC(SC)C1. The van der Waals surface area contributed by atoms with E-state index in [-0.39, 0.29) is 0 Å². The summed E-state index contributed by atoms with van der Waals surface area (Å²) < 4.78 is 0. The zero-order valence-electron chi connectivity index (χ0n) is 13.4. The second-order valence-corrected chi connectivity index (χ2v) is 7.93. The van der Waals surface area contributed by atoms with Gasteiger partial charge in [-0.15, -0.1) is 11.3 Å². The number of hydrogen-bond acceptors (Lipinski definition) is 4. The van der Waals surface area contributed by atoms with Gasteiger partial charge in [0.15, 0.2) is 5.96 Å². The van der Waals surface area contributed by atoms with Gasteiger partial charge in [0.05, 0.1) is 10.7 Å². The monoisotopic (exact) mass is 326 g/mol. The maximum Gasteiger partial charge on any atom is 0.191 e. The summed E-state index contributed by atoms with van der Waals surface area (Å²) in [5.74, 6) is 0.931. The predicted molar refractivity (Wildman–Crippen MR) is 94.7 cm³/mol. The van der Waals surface area contributed by atoms with E-state index in [4.69, 9.17) is 0 Å². The fourth-order valence-corrected chi connectivity index (χ4v) is 4.51. The van der Waals surface area contributed by atoms with Gasteiger partial charge in [-0.25, -0.2) is 4.98 Å². The lowest BCUT2D eigenvalue weighted by molar-refractivity contribution is 0.615. The Labute approximate surface area is 136 Å². The molecule has 0 spiro atoms. The van der Waals surface area contributed by atoms with Crippen LogP contribution in [0.2, 0.25) is 0 Å². The van der Waals surface area contributed by atoms with Gasteiger partial charge < -0.3 is 10.6 Å². The van der Waals surface area contributed by atoms with E-state index >= 15 is 0 Å². The number of nitrogens with zero attached hydrogens (tertiary/aromatic N) is 2. The van der Waals surface area contributed by atoms with Crippen LogP contribution in [0.5, 0.6) is 0 Å². The number of guanidine groups is 1. The maximum atomic E-state index is 4.47. The molecule has 1 fully saturated rings. The van der Waals surface area contributed by atoms with Crippen molar-refractivity contribution in [2.24, 2.45) is 4.99 Å². The van der Waals surface area contributed by atoms with Crippen LogP contribution in [0.4, 0.5) is 0 Å². The van der Waals surface area contributed by atoms with Gasteiger partial charge in [-0.1, -0.05) is 0 Å². The number of thiazole rings is 1. The molecule has 2 rings (SSSR count). The standard InChI is InChI=1S/C15H26N4S2/c1-10-14(21-11(2)18-10)7-8-17-15(16-3)19-12-5-6-13(9-12)20-4/h12-13H,5-9H2,1-4H3,(H2,16,17,19). The Morgan fingerprint density at radius 3 is 2.81 bits per heavy atom. The summed E-state index contributed by atoms with van der Waals surface area (Å²) in [4.78, 5) is 10.2. The molecular formula is C15H26N4S2. The van der Waals surface area contributed by atoms with Crippen LogP contribution in [-0.4, -0.2) is 42.1 Å². The molecular weight excluding hydrogens is 300 g/mol. The lowest BCUT2D eigenvalue weighted by Gasteiger charge is -2.17. The van der Waals surface area contributed by atoms with E-state index in [0.29, 0.717) is 6.04 Å². The molecule has 0 bridgehead atoms. The van der Waals surface area contributed by atoms with Gasteiger partial charge in [0.25, 0.3) is 0 Å². The van der Waals surface area contributed by atoms with E-state index in [2.05, 4.69) is 40.7 Å². The molecule has 6 heteroatoms. The Kier molecular flexibility index (Phi) is 6.36. The predicted octanol–water partition coefficient (Wildman–Crippen LogP) is 2.75. The average molecular weight is 327 g/mol. The first-order chi connectivity index (χ1) is 10.1. The molecule has 0 aromatic carbocycles. The Morgan fingerprint density at radius 1 is 1.43 bits per heavy atom. The van der Waals surface area contributed by atoms with Crippen molar-refractivity contribution in [1.82, 2.24) is 15.6 Å². The molecule has 1 aliphatic carbocycles. The summed E-state index contributed by atoms with van der Waals surface area (Å²) in [6.07, 6.45) is 7.03. The van der Waals surface area contributed by atoms with Crippen LogP contribution < -0.4 is 10.6 Å². The molecule has 0 amide bonds. The molecule has 118 valence electrons. The summed E-state index contributed by atoms with van der Waals surface area (Å²) in [5.41, 5.74) is 1.17. The van der Waals surface area contributed by atoms with Crippen LogP contribution in [-0.2, 0) is 6.42 Å². The minimum absolute atomic E-state index is 0.570. The van der Waals surface area contributed by atoms with Crippen molar-refractivity contribution in [3.8, 4) is 0 Å². The van der Waals surface area contributed by atoms with E-state index in [1.165, 1.54) is 29.8 Å². The number of hydrogen-bond donors (Lipinski definition) is 2. The third kappa shape index (κ3) is 4.88. The minimum atomic E-state index is 0.570. The Bertz CT molecular complexity index is 484. The Morgan fingerprint density at radius 2 is 2.24 bits per heavy atom. The normalized spacial score (nSPS) is 22.6. The van der Waals surface area contributed by atoms with Crippen molar-refractivity contribution in [1.29, 1.82) is 0 Å². The van der Waals surface area contributed by atoms with Crippen LogP contribution in [0.3, 0.4) is 0 Å². The molecule has 0 radical (unpaired) electrons. The second-order valence-electron chi connectivity index (χ2n) is 5.50. The molecule has 1 aromatic rings. The average Bonchev–Trinajstić information content (AvgIpc) is 3.04. The number of aromatic nitrogens is 1. The van der Waals surface area contributed by atoms with E-state index in [1.54, 1.807) is 11.3 Å². The molecule has 1 aromatic heterocycles. The molecule has 21 heavy (non-hydrogen) atoms. The van der Waals surface area contributed by atoms with Gasteiger partial charge in [-0.3, -0.25) is 4.99 Å². The number of thioether (sulfide) groups is 1. The van der Waals surface area contributed by atoms with Crippen LogP contribution in [0.25, 0.3) is 0 Å². The van der Waals surface area contributed by atoms with Crippen molar-refractivity contribution >= 4 is 29.1 Å². The van der Waals surface area contributed by atoms with E-state index in [9.17, 15) is 0 Å². The molecule has 1 aliphatic rings. The van der Waals surface area contributed by atoms with Gasteiger partial charge >= 0.3 is 0 Å². The minimum Gasteiger partial charge on any atom is -0.356 e. The highest BCUT2D eigenvalue weighted by atomic mass is 32.2. The first-order valence-electron chi connectivity index (χ1n) is 7.55. The summed E-state index contributed by atoms with van der Waals surface area (Å²) in [7, 11) is 1.85. The number of aryl methyl sites for hydroxylation is 2. The second kappa shape index (κ2) is 8.03. The van der Waals surface area contributed by atoms with Crippen molar-refractivity contribution in [3.63, 3.8) is 0 Å². The third-order valence-corrected chi connectivity index (χ3v) is 6.15. The molecule has 0 aliphatic heterocycles. The Balaban J connectivity index is 1.74. The van der Waals surface area contributed by atoms with Crippen LogP contribution in [0.1, 0.15) is 34.8 Å². The van der Waals surface area contributed by atoms with Gasteiger partial charge in [0.2, 0.25) is 0 Å². The highest BCUT2D eigenvalue weighted by molar-refractivity contribution is 7.99. The zero-order valence-corrected chi connectivity index (χ0v) is 15.0. The highest BCUT2D eigenvalue weighted by Gasteiger charge is 2.24. The largest absolute Gasteiger partial charge is 0.356 e. The fourth-order valence-electron chi connectivity index (χ4n) is 2.77. The number of aliphatic imine (C=N–C) groups is 1. The first kappa shape index (κ1) is 16.6. The lowest BCUT2D eigenvalue weighted by atomic mass is 10.2. The number of rotatable bonds is 5. The van der Waals surface area contributed by atoms with Crippen LogP contribution >= 0.6 is 23.1 Å².